The van der Waals surface area contributed by atoms with E-state index in [4.69, 9.17) is 26.9 Å². The maximum Gasteiger partial charge on any atom is 0.161 e. The second-order valence-corrected chi connectivity index (χ2v) is 5.44. The lowest BCUT2D eigenvalue weighted by molar-refractivity contribution is 0.171. The van der Waals surface area contributed by atoms with Gasteiger partial charge in [-0.05, 0) is 47.9 Å². The summed E-state index contributed by atoms with van der Waals surface area (Å²) in [5.41, 5.74) is 6.05. The summed E-state index contributed by atoms with van der Waals surface area (Å²) in [6.07, 6.45) is 0. The van der Waals surface area contributed by atoms with Crippen LogP contribution in [0.25, 0.3) is 0 Å². The first-order valence-corrected chi connectivity index (χ1v) is 7.18. The molecule has 0 bridgehead atoms. The third-order valence-corrected chi connectivity index (χ3v) is 3.84. The lowest BCUT2D eigenvalue weighted by Gasteiger charge is -2.23. The number of nitrogens with two attached hydrogens (primary N) is 1. The fourth-order valence-electron chi connectivity index (χ4n) is 2.57. The number of rotatable bonds is 3. The summed E-state index contributed by atoms with van der Waals surface area (Å²) in [5.74, 6) is 7.29. The Hall–Kier alpha value is -1.75. The van der Waals surface area contributed by atoms with E-state index in [0.717, 1.165) is 28.2 Å². The van der Waals surface area contributed by atoms with Crippen molar-refractivity contribution < 1.29 is 9.47 Å². The van der Waals surface area contributed by atoms with E-state index in [2.05, 4.69) is 5.43 Å². The maximum atomic E-state index is 6.02. The van der Waals surface area contributed by atoms with Gasteiger partial charge < -0.3 is 9.47 Å². The highest BCUT2D eigenvalue weighted by atomic mass is 35.5. The Labute approximate surface area is 128 Å². The molecule has 1 aliphatic heterocycles. The Morgan fingerprint density at radius 2 is 1.86 bits per heavy atom. The molecule has 0 fully saturated rings. The molecule has 0 saturated carbocycles. The van der Waals surface area contributed by atoms with Crippen molar-refractivity contribution in [3.05, 3.63) is 58.1 Å². The van der Waals surface area contributed by atoms with Gasteiger partial charge in [0, 0.05) is 5.02 Å². The van der Waals surface area contributed by atoms with Crippen molar-refractivity contribution in [2.24, 2.45) is 5.84 Å². The van der Waals surface area contributed by atoms with Gasteiger partial charge >= 0.3 is 0 Å². The number of aryl methyl sites for hydroxylation is 1. The number of benzene rings is 2. The van der Waals surface area contributed by atoms with E-state index in [-0.39, 0.29) is 6.04 Å². The van der Waals surface area contributed by atoms with Crippen molar-refractivity contribution in [2.75, 3.05) is 13.2 Å². The second-order valence-electron chi connectivity index (χ2n) is 5.00. The first-order valence-electron chi connectivity index (χ1n) is 6.81. The Morgan fingerprint density at radius 1 is 1.10 bits per heavy atom. The summed E-state index contributed by atoms with van der Waals surface area (Å²) < 4.78 is 11.2. The van der Waals surface area contributed by atoms with E-state index in [0.29, 0.717) is 18.2 Å². The predicted octanol–water partition coefficient (Wildman–Crippen LogP) is 2.97. The predicted molar refractivity (Wildman–Crippen MR) is 82.8 cm³/mol. The smallest absolute Gasteiger partial charge is 0.161 e. The number of nitrogens with one attached hydrogen (secondary N) is 1. The van der Waals surface area contributed by atoms with Crippen LogP contribution in [0.5, 0.6) is 11.5 Å². The Balaban J connectivity index is 1.99. The Bertz CT molecular complexity index is 661. The van der Waals surface area contributed by atoms with Gasteiger partial charge in [0.2, 0.25) is 0 Å². The van der Waals surface area contributed by atoms with Gasteiger partial charge in [0.05, 0.1) is 6.04 Å². The second kappa shape index (κ2) is 5.93. The zero-order valence-electron chi connectivity index (χ0n) is 11.7. The zero-order chi connectivity index (χ0) is 14.8. The fourth-order valence-corrected chi connectivity index (χ4v) is 2.79. The van der Waals surface area contributed by atoms with Crippen molar-refractivity contribution in [1.29, 1.82) is 0 Å². The standard InChI is InChI=1S/C16H17ClN2O2/c1-10-8-12(17)3-4-13(10)16(19-18)11-2-5-14-15(9-11)21-7-6-20-14/h2-5,8-9,16,19H,6-7,18H2,1H3. The van der Waals surface area contributed by atoms with Crippen molar-refractivity contribution in [1.82, 2.24) is 5.43 Å². The SMILES string of the molecule is Cc1cc(Cl)ccc1C(NN)c1ccc2c(c1)OCCO2. The summed E-state index contributed by atoms with van der Waals surface area (Å²) >= 11 is 6.02. The zero-order valence-corrected chi connectivity index (χ0v) is 12.5. The molecular weight excluding hydrogens is 288 g/mol. The van der Waals surface area contributed by atoms with Crippen molar-refractivity contribution >= 4 is 11.6 Å². The molecule has 0 amide bonds. The average Bonchev–Trinajstić information content (AvgIpc) is 2.50. The van der Waals surface area contributed by atoms with Crippen LogP contribution >= 0.6 is 11.6 Å². The van der Waals surface area contributed by atoms with E-state index in [9.17, 15) is 0 Å². The highest BCUT2D eigenvalue weighted by molar-refractivity contribution is 6.30. The quantitative estimate of drug-likeness (QED) is 0.676. The van der Waals surface area contributed by atoms with Crippen LogP contribution in [0.15, 0.2) is 36.4 Å². The normalized spacial score (nSPS) is 14.8. The first-order chi connectivity index (χ1) is 10.2. The summed E-state index contributed by atoms with van der Waals surface area (Å²) in [5, 5.41) is 0.717. The number of hydrazine groups is 1. The molecule has 1 heterocycles. The van der Waals surface area contributed by atoms with E-state index in [1.165, 1.54) is 0 Å². The first kappa shape index (κ1) is 14.2. The molecule has 110 valence electrons. The van der Waals surface area contributed by atoms with Crippen molar-refractivity contribution in [3.8, 4) is 11.5 Å². The molecule has 3 N–H and O–H groups in total. The molecule has 5 heteroatoms. The molecule has 2 aromatic rings. The molecule has 0 saturated heterocycles. The largest absolute Gasteiger partial charge is 0.486 e. The Morgan fingerprint density at radius 3 is 2.57 bits per heavy atom. The number of halogens is 1. The van der Waals surface area contributed by atoms with Gasteiger partial charge in [0.1, 0.15) is 13.2 Å². The average molecular weight is 305 g/mol. The van der Waals surface area contributed by atoms with Crippen LogP contribution in [0.4, 0.5) is 0 Å². The minimum Gasteiger partial charge on any atom is -0.486 e. The molecule has 4 nitrogen and oxygen atoms in total. The van der Waals surface area contributed by atoms with Gasteiger partial charge in [-0.25, -0.2) is 5.43 Å². The van der Waals surface area contributed by atoms with Crippen molar-refractivity contribution in [3.63, 3.8) is 0 Å². The van der Waals surface area contributed by atoms with Crippen LogP contribution in [0.3, 0.4) is 0 Å². The van der Waals surface area contributed by atoms with Crippen LogP contribution in [-0.2, 0) is 0 Å². The van der Waals surface area contributed by atoms with Gasteiger partial charge in [0.15, 0.2) is 11.5 Å². The van der Waals surface area contributed by atoms with Crippen LogP contribution in [0.1, 0.15) is 22.7 Å². The summed E-state index contributed by atoms with van der Waals surface area (Å²) in [6, 6.07) is 11.5. The van der Waals surface area contributed by atoms with Crippen LogP contribution in [-0.4, -0.2) is 13.2 Å². The topological polar surface area (TPSA) is 56.5 Å². The van der Waals surface area contributed by atoms with Gasteiger partial charge in [-0.2, -0.15) is 0 Å². The molecular formula is C16H17ClN2O2. The van der Waals surface area contributed by atoms with Gasteiger partial charge in [0.25, 0.3) is 0 Å². The van der Waals surface area contributed by atoms with Crippen LogP contribution in [0, 0.1) is 6.92 Å². The lowest BCUT2D eigenvalue weighted by atomic mass is 9.95. The highest BCUT2D eigenvalue weighted by Crippen LogP contribution is 2.35. The van der Waals surface area contributed by atoms with Crippen LogP contribution < -0.4 is 20.7 Å². The molecule has 1 aliphatic rings. The van der Waals surface area contributed by atoms with E-state index in [1.807, 2.05) is 43.3 Å². The van der Waals surface area contributed by atoms with Gasteiger partial charge in [-0.15, -0.1) is 0 Å². The Kier molecular flexibility index (Phi) is 4.01. The summed E-state index contributed by atoms with van der Waals surface area (Å²) in [6.45, 7) is 3.17. The molecule has 1 unspecified atom stereocenters. The minimum atomic E-state index is -0.127. The number of hydrogen-bond acceptors (Lipinski definition) is 4. The lowest BCUT2D eigenvalue weighted by Crippen LogP contribution is -2.29. The number of hydrogen-bond donors (Lipinski definition) is 2. The number of fused-ring (bicyclic) bond motifs is 1. The molecule has 3 rings (SSSR count). The molecule has 0 aromatic heterocycles. The third-order valence-electron chi connectivity index (χ3n) is 3.61. The van der Waals surface area contributed by atoms with Gasteiger partial charge in [-0.3, -0.25) is 5.84 Å². The molecule has 1 atom stereocenters. The van der Waals surface area contributed by atoms with Gasteiger partial charge in [-0.1, -0.05) is 23.7 Å². The molecule has 21 heavy (non-hydrogen) atoms. The fraction of sp³-hybridized carbons (Fsp3) is 0.250. The monoisotopic (exact) mass is 304 g/mol. The van der Waals surface area contributed by atoms with Crippen molar-refractivity contribution in [2.45, 2.75) is 13.0 Å². The third kappa shape index (κ3) is 2.83. The molecule has 0 radical (unpaired) electrons. The molecule has 0 spiro atoms. The summed E-state index contributed by atoms with van der Waals surface area (Å²) in [7, 11) is 0. The molecule has 0 aliphatic carbocycles. The van der Waals surface area contributed by atoms with E-state index in [1.54, 1.807) is 0 Å². The van der Waals surface area contributed by atoms with E-state index >= 15 is 0 Å². The summed E-state index contributed by atoms with van der Waals surface area (Å²) in [4.78, 5) is 0. The number of ether oxygens (including phenoxy) is 2. The highest BCUT2D eigenvalue weighted by Gasteiger charge is 2.19. The molecule has 2 aromatic carbocycles. The van der Waals surface area contributed by atoms with Crippen LogP contribution in [0.2, 0.25) is 5.02 Å². The van der Waals surface area contributed by atoms with E-state index < -0.39 is 0 Å². The maximum absolute atomic E-state index is 6.02. The minimum absolute atomic E-state index is 0.127.